The Bertz CT molecular complexity index is 1150. The minimum Gasteiger partial charge on any atom is -0.456 e. The van der Waals surface area contributed by atoms with E-state index >= 15 is 0 Å². The van der Waals surface area contributed by atoms with E-state index in [-0.39, 0.29) is 41.0 Å². The molecule has 1 fully saturated rings. The lowest BCUT2D eigenvalue weighted by Gasteiger charge is -2.39. The first-order chi connectivity index (χ1) is 15.6. The molecule has 174 valence electrons. The monoisotopic (exact) mass is 475 g/mol. The van der Waals surface area contributed by atoms with Crippen LogP contribution >= 0.6 is 0 Å². The van der Waals surface area contributed by atoms with Crippen molar-refractivity contribution in [2.24, 2.45) is 0 Å². The van der Waals surface area contributed by atoms with Gasteiger partial charge in [0, 0.05) is 31.1 Å². The van der Waals surface area contributed by atoms with E-state index in [9.17, 15) is 33.8 Å². The Labute approximate surface area is 191 Å². The molecule has 0 bridgehead atoms. The second kappa shape index (κ2) is 9.46. The van der Waals surface area contributed by atoms with Gasteiger partial charge in [0.25, 0.3) is 11.6 Å². The molecule has 0 aromatic heterocycles. The van der Waals surface area contributed by atoms with Gasteiger partial charge in [0.05, 0.1) is 33.3 Å². The van der Waals surface area contributed by atoms with E-state index in [0.717, 1.165) is 0 Å². The number of nitro benzene ring substituents is 1. The van der Waals surface area contributed by atoms with Gasteiger partial charge in [0.15, 0.2) is 0 Å². The van der Waals surface area contributed by atoms with Gasteiger partial charge in [-0.15, -0.1) is 0 Å². The van der Waals surface area contributed by atoms with Crippen molar-refractivity contribution in [3.05, 3.63) is 73.3 Å². The molecular formula is C21H21N3O8S. The average Bonchev–Trinajstić information content (AvgIpc) is 3.11. The zero-order chi connectivity index (χ0) is 24.4. The van der Waals surface area contributed by atoms with Gasteiger partial charge in [0.1, 0.15) is 17.3 Å². The van der Waals surface area contributed by atoms with E-state index in [1.807, 2.05) is 0 Å². The van der Waals surface area contributed by atoms with Gasteiger partial charge in [-0.25, -0.2) is 9.00 Å². The summed E-state index contributed by atoms with van der Waals surface area (Å²) < 4.78 is 18.3. The first-order valence-corrected chi connectivity index (χ1v) is 10.9. The molecule has 2 unspecified atom stereocenters. The van der Waals surface area contributed by atoms with Crippen LogP contribution in [0.4, 0.5) is 5.69 Å². The van der Waals surface area contributed by atoms with Gasteiger partial charge in [-0.05, 0) is 30.2 Å². The zero-order valence-corrected chi connectivity index (χ0v) is 18.6. The molecule has 2 aliphatic rings. The summed E-state index contributed by atoms with van der Waals surface area (Å²) in [7, 11) is -2.02. The molecule has 33 heavy (non-hydrogen) atoms. The summed E-state index contributed by atoms with van der Waals surface area (Å²) in [6, 6.07) is 4.79. The number of carbonyl (C=O) groups excluding carboxylic acids is 3. The molecule has 2 atom stereocenters. The van der Waals surface area contributed by atoms with Crippen LogP contribution in [0.1, 0.15) is 25.8 Å². The molecule has 12 heteroatoms. The van der Waals surface area contributed by atoms with Crippen LogP contribution in [0.5, 0.6) is 0 Å². The molecule has 2 aliphatic heterocycles. The summed E-state index contributed by atoms with van der Waals surface area (Å²) in [4.78, 5) is 48.4. The van der Waals surface area contributed by atoms with Crippen LogP contribution in [0.15, 0.2) is 57.6 Å². The number of non-ortho nitro benzene ring substituents is 1. The normalized spacial score (nSPS) is 19.4. The topological polar surface area (TPSA) is 156 Å². The molecule has 3 rings (SSSR count). The molecule has 2 amide bonds. The number of hydrogen-bond acceptors (Lipinski definition) is 8. The Morgan fingerprint density at radius 3 is 2.52 bits per heavy atom. The third-order valence-corrected chi connectivity index (χ3v) is 6.51. The maximum Gasteiger partial charge on any atom is 0.356 e. The fourth-order valence-electron chi connectivity index (χ4n) is 3.58. The predicted octanol–water partition coefficient (Wildman–Crippen LogP) is 1.13. The van der Waals surface area contributed by atoms with Gasteiger partial charge in [0.2, 0.25) is 5.91 Å². The standard InChI is InChI=1S/C21H21N3O8S/c1-11(9-25)18-16-8-17(33(31)13(3)22-12(2)26)19(23(16)20(18)27)21(28)32-10-14-4-6-15(7-5-14)24(29)30/h4-7,16,25H,3,8-10H2,1-2H3,(H,22,26). The van der Waals surface area contributed by atoms with Crippen molar-refractivity contribution in [3.63, 3.8) is 0 Å². The summed E-state index contributed by atoms with van der Waals surface area (Å²) in [6.07, 6.45) is 0.0472. The van der Waals surface area contributed by atoms with Crippen molar-refractivity contribution < 1.29 is 33.4 Å². The summed E-state index contributed by atoms with van der Waals surface area (Å²) in [5.41, 5.74) is 0.917. The number of aliphatic hydroxyl groups is 1. The van der Waals surface area contributed by atoms with Gasteiger partial charge in [-0.2, -0.15) is 0 Å². The maximum absolute atomic E-state index is 13.0. The van der Waals surface area contributed by atoms with Crippen molar-refractivity contribution in [2.75, 3.05) is 6.61 Å². The minimum atomic E-state index is -2.02. The van der Waals surface area contributed by atoms with Gasteiger partial charge < -0.3 is 15.2 Å². The highest BCUT2D eigenvalue weighted by atomic mass is 32.2. The quantitative estimate of drug-likeness (QED) is 0.186. The van der Waals surface area contributed by atoms with Crippen molar-refractivity contribution in [2.45, 2.75) is 32.9 Å². The smallest absolute Gasteiger partial charge is 0.356 e. The zero-order valence-electron chi connectivity index (χ0n) is 17.8. The number of esters is 1. The molecule has 1 aromatic carbocycles. The number of nitrogens with one attached hydrogen (secondary N) is 1. The number of nitro groups is 1. The number of amides is 2. The lowest BCUT2D eigenvalue weighted by molar-refractivity contribution is -0.384. The molecule has 0 saturated carbocycles. The molecule has 11 nitrogen and oxygen atoms in total. The Kier molecular flexibility index (Phi) is 6.89. The Balaban J connectivity index is 1.87. The fourth-order valence-corrected chi connectivity index (χ4v) is 4.78. The molecule has 0 radical (unpaired) electrons. The number of rotatable bonds is 8. The number of carbonyl (C=O) groups is 3. The third-order valence-electron chi connectivity index (χ3n) is 5.15. The molecular weight excluding hydrogens is 454 g/mol. The lowest BCUT2D eigenvalue weighted by Crippen LogP contribution is -2.53. The predicted molar refractivity (Wildman–Crippen MR) is 116 cm³/mol. The van der Waals surface area contributed by atoms with E-state index in [0.29, 0.717) is 16.7 Å². The number of hydrogen-bond donors (Lipinski definition) is 2. The first kappa shape index (κ1) is 24.0. The number of benzene rings is 1. The summed E-state index contributed by atoms with van der Waals surface area (Å²) in [6.45, 7) is 5.80. The van der Waals surface area contributed by atoms with Crippen LogP contribution in [0.3, 0.4) is 0 Å². The summed E-state index contributed by atoms with van der Waals surface area (Å²) in [5.74, 6) is -1.92. The number of fused-ring (bicyclic) bond motifs is 1. The highest BCUT2D eigenvalue weighted by molar-refractivity contribution is 7.92. The van der Waals surface area contributed by atoms with Crippen LogP contribution in [-0.2, 0) is 36.5 Å². The molecule has 1 aromatic rings. The van der Waals surface area contributed by atoms with Crippen LogP contribution in [0, 0.1) is 10.1 Å². The number of nitrogens with zero attached hydrogens (tertiary/aromatic N) is 2. The van der Waals surface area contributed by atoms with Gasteiger partial charge >= 0.3 is 5.97 Å². The SMILES string of the molecule is C=C(NC(C)=O)S(=O)C1=C(C(=O)OCc2ccc([N+](=O)[O-])cc2)N2C(=O)C(=C(C)CO)C2C1. The van der Waals surface area contributed by atoms with Crippen LogP contribution < -0.4 is 5.32 Å². The first-order valence-electron chi connectivity index (χ1n) is 9.72. The number of ether oxygens (including phenoxy) is 1. The van der Waals surface area contributed by atoms with E-state index in [1.165, 1.54) is 36.1 Å². The van der Waals surface area contributed by atoms with E-state index in [4.69, 9.17) is 4.74 Å². The van der Waals surface area contributed by atoms with Crippen molar-refractivity contribution in [1.29, 1.82) is 0 Å². The van der Waals surface area contributed by atoms with Crippen LogP contribution in [0.25, 0.3) is 0 Å². The van der Waals surface area contributed by atoms with Crippen molar-refractivity contribution >= 4 is 34.3 Å². The van der Waals surface area contributed by atoms with Crippen LogP contribution in [-0.4, -0.2) is 49.6 Å². The average molecular weight is 475 g/mol. The Morgan fingerprint density at radius 1 is 1.33 bits per heavy atom. The molecule has 0 aliphatic carbocycles. The molecule has 1 saturated heterocycles. The minimum absolute atomic E-state index is 0.0472. The number of aliphatic hydroxyl groups excluding tert-OH is 1. The second-order valence-electron chi connectivity index (χ2n) is 7.39. The number of β-lactam (4-membered cyclic amide) rings is 1. The molecule has 0 spiro atoms. The van der Waals surface area contributed by atoms with Crippen molar-refractivity contribution in [1.82, 2.24) is 10.2 Å². The highest BCUT2D eigenvalue weighted by Crippen LogP contribution is 2.45. The molecule has 2 heterocycles. The maximum atomic E-state index is 13.0. The molecule has 2 N–H and O–H groups in total. The Hall–Kier alpha value is -3.64. The summed E-state index contributed by atoms with van der Waals surface area (Å²) >= 11 is 0. The van der Waals surface area contributed by atoms with Crippen molar-refractivity contribution in [3.8, 4) is 0 Å². The fraction of sp³-hybridized carbons (Fsp3) is 0.286. The highest BCUT2D eigenvalue weighted by Gasteiger charge is 2.54. The van der Waals surface area contributed by atoms with Gasteiger partial charge in [-0.3, -0.25) is 24.6 Å². The van der Waals surface area contributed by atoms with E-state index in [2.05, 4.69) is 11.9 Å². The van der Waals surface area contributed by atoms with Crippen LogP contribution in [0.2, 0.25) is 0 Å². The third kappa shape index (κ3) is 4.61. The lowest BCUT2D eigenvalue weighted by atomic mass is 9.90. The van der Waals surface area contributed by atoms with E-state index in [1.54, 1.807) is 6.92 Å². The largest absolute Gasteiger partial charge is 0.456 e. The Morgan fingerprint density at radius 2 is 1.97 bits per heavy atom. The summed E-state index contributed by atoms with van der Waals surface area (Å²) in [5, 5.41) is 22.4. The van der Waals surface area contributed by atoms with Gasteiger partial charge in [-0.1, -0.05) is 6.58 Å². The second-order valence-corrected chi connectivity index (χ2v) is 8.91. The van der Waals surface area contributed by atoms with E-state index < -0.39 is 39.5 Å².